The molecule has 0 bridgehead atoms. The first kappa shape index (κ1) is 13.6. The maximum Gasteiger partial charge on any atom is 0.182 e. The number of sulfone groups is 1. The van der Waals surface area contributed by atoms with E-state index in [1.54, 1.807) is 20.0 Å². The van der Waals surface area contributed by atoms with E-state index in [4.69, 9.17) is 0 Å². The van der Waals surface area contributed by atoms with Gasteiger partial charge < -0.3 is 5.32 Å². The predicted molar refractivity (Wildman–Crippen MR) is 73.6 cm³/mol. The third-order valence-corrected chi connectivity index (χ3v) is 6.35. The van der Waals surface area contributed by atoms with Gasteiger partial charge in [-0.3, -0.25) is 0 Å². The molecule has 0 saturated heterocycles. The molecule has 100 valence electrons. The van der Waals surface area contributed by atoms with Gasteiger partial charge in [0.2, 0.25) is 0 Å². The highest BCUT2D eigenvalue weighted by atomic mass is 32.2. The number of hydrogen-bond acceptors (Lipinski definition) is 3. The van der Waals surface area contributed by atoms with Crippen molar-refractivity contribution in [3.8, 4) is 0 Å². The summed E-state index contributed by atoms with van der Waals surface area (Å²) in [6.07, 6.45) is 3.23. The molecule has 18 heavy (non-hydrogen) atoms. The molecule has 0 fully saturated rings. The molecule has 1 aliphatic rings. The summed E-state index contributed by atoms with van der Waals surface area (Å²) in [6, 6.07) is 5.56. The molecule has 0 aliphatic heterocycles. The molecule has 2 rings (SSSR count). The normalized spacial score (nSPS) is 18.4. The van der Waals surface area contributed by atoms with Crippen molar-refractivity contribution in [2.45, 2.75) is 49.3 Å². The van der Waals surface area contributed by atoms with E-state index in [2.05, 4.69) is 5.32 Å². The zero-order valence-electron chi connectivity index (χ0n) is 11.2. The fraction of sp³-hybridized carbons (Fsp3) is 0.571. The smallest absolute Gasteiger partial charge is 0.182 e. The van der Waals surface area contributed by atoms with Gasteiger partial charge in [0.1, 0.15) is 0 Å². The van der Waals surface area contributed by atoms with E-state index in [1.165, 1.54) is 11.1 Å². The van der Waals surface area contributed by atoms with Crippen LogP contribution < -0.4 is 5.32 Å². The Morgan fingerprint density at radius 3 is 2.50 bits per heavy atom. The molecule has 0 aromatic heterocycles. The van der Waals surface area contributed by atoms with E-state index in [0.29, 0.717) is 4.90 Å². The van der Waals surface area contributed by atoms with Crippen LogP contribution in [-0.2, 0) is 22.7 Å². The second-order valence-corrected chi connectivity index (χ2v) is 7.42. The first-order valence-corrected chi connectivity index (χ1v) is 8.04. The molecule has 1 N–H and O–H groups in total. The molecule has 0 spiro atoms. The van der Waals surface area contributed by atoms with E-state index >= 15 is 0 Å². The van der Waals surface area contributed by atoms with Gasteiger partial charge in [-0.15, -0.1) is 0 Å². The lowest BCUT2D eigenvalue weighted by atomic mass is 10.1. The van der Waals surface area contributed by atoms with E-state index in [1.807, 2.05) is 19.1 Å². The second kappa shape index (κ2) is 5.02. The zero-order chi connectivity index (χ0) is 13.3. The Bertz CT molecular complexity index is 537. The topological polar surface area (TPSA) is 46.2 Å². The summed E-state index contributed by atoms with van der Waals surface area (Å²) < 4.78 is 25.0. The van der Waals surface area contributed by atoms with Gasteiger partial charge in [-0.25, -0.2) is 8.42 Å². The fourth-order valence-electron chi connectivity index (χ4n) is 2.44. The lowest BCUT2D eigenvalue weighted by Gasteiger charge is -2.20. The molecule has 1 aromatic carbocycles. The van der Waals surface area contributed by atoms with Crippen LogP contribution in [0, 0.1) is 0 Å². The van der Waals surface area contributed by atoms with Crippen molar-refractivity contribution in [3.63, 3.8) is 0 Å². The molecular formula is C14H21NO2S. The SMILES string of the molecule is CNC(C)C(C)S(=O)(=O)c1ccc2c(c1)CCC2. The summed E-state index contributed by atoms with van der Waals surface area (Å²) in [4.78, 5) is 0.470. The largest absolute Gasteiger partial charge is 0.316 e. The Hall–Kier alpha value is -0.870. The number of fused-ring (bicyclic) bond motifs is 1. The molecule has 1 aromatic rings. The lowest BCUT2D eigenvalue weighted by Crippen LogP contribution is -2.38. The van der Waals surface area contributed by atoms with Crippen LogP contribution in [0.1, 0.15) is 31.4 Å². The van der Waals surface area contributed by atoms with Crippen LogP contribution in [0.4, 0.5) is 0 Å². The number of aryl methyl sites for hydroxylation is 2. The highest BCUT2D eigenvalue weighted by Crippen LogP contribution is 2.27. The summed E-state index contributed by atoms with van der Waals surface area (Å²) in [5, 5.41) is 2.60. The third kappa shape index (κ3) is 2.31. The maximum atomic E-state index is 12.5. The molecule has 2 unspecified atom stereocenters. The average Bonchev–Trinajstić information content (AvgIpc) is 2.83. The summed E-state index contributed by atoms with van der Waals surface area (Å²) in [7, 11) is -1.44. The van der Waals surface area contributed by atoms with Gasteiger partial charge >= 0.3 is 0 Å². The summed E-state index contributed by atoms with van der Waals surface area (Å²) in [6.45, 7) is 3.67. The first-order chi connectivity index (χ1) is 8.46. The predicted octanol–water partition coefficient (Wildman–Crippen LogP) is 1.95. The Morgan fingerprint density at radius 2 is 1.83 bits per heavy atom. The van der Waals surface area contributed by atoms with Crippen LogP contribution in [0.2, 0.25) is 0 Å². The lowest BCUT2D eigenvalue weighted by molar-refractivity contribution is 0.539. The van der Waals surface area contributed by atoms with Crippen molar-refractivity contribution in [2.75, 3.05) is 7.05 Å². The summed E-state index contributed by atoms with van der Waals surface area (Å²) in [5.74, 6) is 0. The molecule has 0 saturated carbocycles. The quantitative estimate of drug-likeness (QED) is 0.907. The third-order valence-electron chi connectivity index (χ3n) is 4.05. The molecule has 2 atom stereocenters. The fourth-order valence-corrected chi connectivity index (χ4v) is 4.11. The zero-order valence-corrected chi connectivity index (χ0v) is 12.0. The Kier molecular flexibility index (Phi) is 3.78. The Morgan fingerprint density at radius 1 is 1.17 bits per heavy atom. The van der Waals surface area contributed by atoms with E-state index < -0.39 is 15.1 Å². The molecule has 0 heterocycles. The molecule has 1 aliphatic carbocycles. The van der Waals surface area contributed by atoms with Gasteiger partial charge in [0.05, 0.1) is 10.1 Å². The van der Waals surface area contributed by atoms with Gasteiger partial charge in [-0.2, -0.15) is 0 Å². The van der Waals surface area contributed by atoms with Crippen LogP contribution in [0.25, 0.3) is 0 Å². The van der Waals surface area contributed by atoms with Gasteiger partial charge in [0.25, 0.3) is 0 Å². The molecule has 3 nitrogen and oxygen atoms in total. The van der Waals surface area contributed by atoms with Crippen LogP contribution in [0.3, 0.4) is 0 Å². The molecule has 0 radical (unpaired) electrons. The minimum Gasteiger partial charge on any atom is -0.316 e. The van der Waals surface area contributed by atoms with Crippen molar-refractivity contribution in [1.82, 2.24) is 5.32 Å². The first-order valence-electron chi connectivity index (χ1n) is 6.50. The molecule has 4 heteroatoms. The van der Waals surface area contributed by atoms with Crippen LogP contribution in [-0.4, -0.2) is 26.8 Å². The van der Waals surface area contributed by atoms with Gasteiger partial charge in [-0.1, -0.05) is 6.07 Å². The monoisotopic (exact) mass is 267 g/mol. The summed E-state index contributed by atoms with van der Waals surface area (Å²) in [5.41, 5.74) is 2.52. The van der Waals surface area contributed by atoms with Crippen molar-refractivity contribution < 1.29 is 8.42 Å². The molecular weight excluding hydrogens is 246 g/mol. The summed E-state index contributed by atoms with van der Waals surface area (Å²) >= 11 is 0. The number of hydrogen-bond donors (Lipinski definition) is 1. The Balaban J connectivity index is 2.36. The maximum absolute atomic E-state index is 12.5. The Labute approximate surface area is 110 Å². The highest BCUT2D eigenvalue weighted by molar-refractivity contribution is 7.92. The van der Waals surface area contributed by atoms with Gasteiger partial charge in [0.15, 0.2) is 9.84 Å². The van der Waals surface area contributed by atoms with Gasteiger partial charge in [0, 0.05) is 6.04 Å². The second-order valence-electron chi connectivity index (χ2n) is 5.11. The number of benzene rings is 1. The van der Waals surface area contributed by atoms with Gasteiger partial charge in [-0.05, 0) is 63.4 Å². The van der Waals surface area contributed by atoms with Crippen molar-refractivity contribution in [3.05, 3.63) is 29.3 Å². The minimum atomic E-state index is -3.23. The minimum absolute atomic E-state index is 0.0525. The molecule has 0 amide bonds. The standard InChI is InChI=1S/C14H21NO2S/c1-10(15-3)11(2)18(16,17)14-8-7-12-5-4-6-13(12)9-14/h7-11,15H,4-6H2,1-3H3. The van der Waals surface area contributed by atoms with Crippen LogP contribution >= 0.6 is 0 Å². The number of rotatable bonds is 4. The van der Waals surface area contributed by atoms with E-state index in [9.17, 15) is 8.42 Å². The number of nitrogens with one attached hydrogen (secondary N) is 1. The van der Waals surface area contributed by atoms with E-state index in [-0.39, 0.29) is 6.04 Å². The van der Waals surface area contributed by atoms with Crippen LogP contribution in [0.5, 0.6) is 0 Å². The van der Waals surface area contributed by atoms with Crippen molar-refractivity contribution >= 4 is 9.84 Å². The van der Waals surface area contributed by atoms with Crippen LogP contribution in [0.15, 0.2) is 23.1 Å². The average molecular weight is 267 g/mol. The van der Waals surface area contributed by atoms with Crippen molar-refractivity contribution in [1.29, 1.82) is 0 Å². The van der Waals surface area contributed by atoms with Crippen molar-refractivity contribution in [2.24, 2.45) is 0 Å². The highest BCUT2D eigenvalue weighted by Gasteiger charge is 2.28. The van der Waals surface area contributed by atoms with E-state index in [0.717, 1.165) is 19.3 Å².